The van der Waals surface area contributed by atoms with Gasteiger partial charge in [0.2, 0.25) is 15.9 Å². The first-order valence-corrected chi connectivity index (χ1v) is 14.3. The summed E-state index contributed by atoms with van der Waals surface area (Å²) in [5.74, 6) is -3.29. The van der Waals surface area contributed by atoms with Gasteiger partial charge in [0.25, 0.3) is 5.91 Å². The fraction of sp³-hybridized carbons (Fsp3) is 0.444. The van der Waals surface area contributed by atoms with Gasteiger partial charge in [0, 0.05) is 19.5 Å². The first kappa shape index (κ1) is 28.6. The van der Waals surface area contributed by atoms with Crippen molar-refractivity contribution in [2.75, 3.05) is 13.1 Å². The highest BCUT2D eigenvalue weighted by atomic mass is 32.2. The molecule has 210 valence electrons. The quantitative estimate of drug-likeness (QED) is 0.457. The molecule has 2 fully saturated rings. The third-order valence-electron chi connectivity index (χ3n) is 7.31. The minimum absolute atomic E-state index is 0.0395. The maximum absolute atomic E-state index is 13.7. The number of hydrogen-bond acceptors (Lipinski definition) is 5. The number of halogens is 2. The van der Waals surface area contributed by atoms with Crippen LogP contribution in [0, 0.1) is 17.6 Å². The predicted octanol–water partition coefficient (Wildman–Crippen LogP) is 3.43. The van der Waals surface area contributed by atoms with Crippen molar-refractivity contribution >= 4 is 27.8 Å². The summed E-state index contributed by atoms with van der Waals surface area (Å²) in [5, 5.41) is 12.0. The molecule has 0 aromatic heterocycles. The highest BCUT2D eigenvalue weighted by Gasteiger charge is 2.47. The molecule has 1 heterocycles. The van der Waals surface area contributed by atoms with E-state index in [4.69, 9.17) is 0 Å². The molecule has 0 spiro atoms. The van der Waals surface area contributed by atoms with Gasteiger partial charge in [-0.05, 0) is 54.3 Å². The largest absolute Gasteiger partial charge is 0.481 e. The molecular weight excluding hydrogens is 532 g/mol. The Bertz CT molecular complexity index is 1300. The lowest BCUT2D eigenvalue weighted by Gasteiger charge is -2.30. The fourth-order valence-corrected chi connectivity index (χ4v) is 6.82. The first-order chi connectivity index (χ1) is 18.6. The molecule has 4 rings (SSSR count). The number of amides is 2. The highest BCUT2D eigenvalue weighted by molar-refractivity contribution is 7.89. The van der Waals surface area contributed by atoms with Crippen LogP contribution in [0.25, 0.3) is 0 Å². The van der Waals surface area contributed by atoms with Crippen molar-refractivity contribution in [1.82, 2.24) is 14.5 Å². The molecule has 39 heavy (non-hydrogen) atoms. The Balaban J connectivity index is 1.63. The number of rotatable bonds is 10. The van der Waals surface area contributed by atoms with Gasteiger partial charge in [-0.25, -0.2) is 17.2 Å². The second kappa shape index (κ2) is 12.2. The number of aliphatic carboxylic acids is 1. The number of carbonyl (C=O) groups is 3. The van der Waals surface area contributed by atoms with Crippen molar-refractivity contribution < 1.29 is 36.7 Å². The lowest BCUT2D eigenvalue weighted by Crippen LogP contribution is -2.54. The Kier molecular flexibility index (Phi) is 8.96. The number of carboxylic acid groups (broad SMARTS) is 1. The van der Waals surface area contributed by atoms with Crippen LogP contribution in [0.5, 0.6) is 0 Å². The number of carbonyl (C=O) groups excluding carboxylic acids is 2. The van der Waals surface area contributed by atoms with Crippen LogP contribution in [0.1, 0.15) is 56.6 Å². The van der Waals surface area contributed by atoms with E-state index in [1.807, 2.05) is 0 Å². The highest BCUT2D eigenvalue weighted by Crippen LogP contribution is 2.31. The van der Waals surface area contributed by atoms with Crippen LogP contribution in [0.2, 0.25) is 0 Å². The molecule has 12 heteroatoms. The van der Waals surface area contributed by atoms with Gasteiger partial charge >= 0.3 is 5.97 Å². The van der Waals surface area contributed by atoms with Gasteiger partial charge in [0.05, 0.1) is 17.4 Å². The van der Waals surface area contributed by atoms with Crippen LogP contribution >= 0.6 is 0 Å². The maximum atomic E-state index is 13.7. The maximum Gasteiger partial charge on any atom is 0.305 e. The van der Waals surface area contributed by atoms with Crippen molar-refractivity contribution in [3.63, 3.8) is 0 Å². The van der Waals surface area contributed by atoms with Crippen molar-refractivity contribution in [2.24, 2.45) is 5.92 Å². The van der Waals surface area contributed by atoms with Crippen molar-refractivity contribution in [1.29, 1.82) is 0 Å². The van der Waals surface area contributed by atoms with E-state index in [2.05, 4.69) is 5.32 Å². The molecular formula is C27H31F2N3O6S. The number of benzene rings is 2. The van der Waals surface area contributed by atoms with Crippen LogP contribution in [-0.4, -0.2) is 59.8 Å². The summed E-state index contributed by atoms with van der Waals surface area (Å²) in [4.78, 5) is 39.4. The normalized spacial score (nSPS) is 19.2. The van der Waals surface area contributed by atoms with Crippen LogP contribution in [0.3, 0.4) is 0 Å². The standard InChI is InChI=1S/C27H31F2N3O6S/c28-20-8-6-19(7-9-20)23(17-25(34)35)30-26(36)27-31(24(33)14-5-18-3-1-2-4-18)15-16-32(27)39(37,38)22-12-10-21(29)11-13-22/h6-13,18,23,27H,1-5,14-17H2,(H,30,36)(H,34,35). The number of nitrogens with one attached hydrogen (secondary N) is 1. The van der Waals surface area contributed by atoms with Crippen molar-refractivity contribution in [3.05, 3.63) is 65.7 Å². The van der Waals surface area contributed by atoms with Crippen molar-refractivity contribution in [3.8, 4) is 0 Å². The third kappa shape index (κ3) is 6.80. The molecule has 1 aliphatic heterocycles. The smallest absolute Gasteiger partial charge is 0.305 e. The minimum atomic E-state index is -4.33. The molecule has 2 amide bonds. The van der Waals surface area contributed by atoms with E-state index in [0.717, 1.165) is 66.4 Å². The SMILES string of the molecule is O=C(O)CC(NC(=O)C1N(C(=O)CCC2CCCC2)CCN1S(=O)(=O)c1ccc(F)cc1)c1ccc(F)cc1. The minimum Gasteiger partial charge on any atom is -0.481 e. The van der Waals surface area contributed by atoms with Crippen LogP contribution in [0.15, 0.2) is 53.4 Å². The second-order valence-corrected chi connectivity index (χ2v) is 11.8. The van der Waals surface area contributed by atoms with Gasteiger partial charge in [0.1, 0.15) is 11.6 Å². The summed E-state index contributed by atoms with van der Waals surface area (Å²) >= 11 is 0. The zero-order valence-corrected chi connectivity index (χ0v) is 22.1. The molecule has 1 saturated carbocycles. The van der Waals surface area contributed by atoms with Gasteiger partial charge in [-0.3, -0.25) is 14.4 Å². The third-order valence-corrected chi connectivity index (χ3v) is 9.18. The second-order valence-electron chi connectivity index (χ2n) is 9.93. The molecule has 2 aliphatic rings. The summed E-state index contributed by atoms with van der Waals surface area (Å²) in [7, 11) is -4.33. The summed E-state index contributed by atoms with van der Waals surface area (Å²) in [6.07, 6.45) is 2.91. The fourth-order valence-electron chi connectivity index (χ4n) is 5.27. The number of carboxylic acids is 1. The Morgan fingerprint density at radius 2 is 1.54 bits per heavy atom. The molecule has 2 aromatic rings. The van der Waals surface area contributed by atoms with Crippen LogP contribution in [0.4, 0.5) is 8.78 Å². The zero-order valence-electron chi connectivity index (χ0n) is 21.3. The van der Waals surface area contributed by atoms with Crippen LogP contribution < -0.4 is 5.32 Å². The lowest BCUT2D eigenvalue weighted by atomic mass is 10.0. The van der Waals surface area contributed by atoms with Gasteiger partial charge in [-0.15, -0.1) is 0 Å². The predicted molar refractivity (Wildman–Crippen MR) is 137 cm³/mol. The van der Waals surface area contributed by atoms with E-state index in [1.54, 1.807) is 0 Å². The molecule has 2 unspecified atom stereocenters. The van der Waals surface area contributed by atoms with E-state index >= 15 is 0 Å². The molecule has 0 bridgehead atoms. The van der Waals surface area contributed by atoms with E-state index in [1.165, 1.54) is 17.0 Å². The van der Waals surface area contributed by atoms with Gasteiger partial charge in [-0.1, -0.05) is 37.8 Å². The molecule has 1 aliphatic carbocycles. The van der Waals surface area contributed by atoms with Gasteiger partial charge < -0.3 is 15.3 Å². The van der Waals surface area contributed by atoms with Crippen molar-refractivity contribution in [2.45, 2.75) is 62.0 Å². The Labute approximate surface area is 225 Å². The first-order valence-electron chi connectivity index (χ1n) is 12.9. The molecule has 2 atom stereocenters. The summed E-state index contributed by atoms with van der Waals surface area (Å²) < 4.78 is 54.9. The average Bonchev–Trinajstić information content (AvgIpc) is 3.58. The van der Waals surface area contributed by atoms with E-state index in [9.17, 15) is 36.7 Å². The molecule has 9 nitrogen and oxygen atoms in total. The van der Waals surface area contributed by atoms with E-state index in [-0.39, 0.29) is 30.3 Å². The zero-order chi connectivity index (χ0) is 28.2. The molecule has 1 saturated heterocycles. The molecule has 2 aromatic carbocycles. The molecule has 0 radical (unpaired) electrons. The summed E-state index contributed by atoms with van der Waals surface area (Å²) in [6.45, 7) is -0.213. The number of sulfonamides is 1. The summed E-state index contributed by atoms with van der Waals surface area (Å²) in [5.41, 5.74) is 0.303. The van der Waals surface area contributed by atoms with E-state index < -0.39 is 52.2 Å². The Morgan fingerprint density at radius 3 is 2.13 bits per heavy atom. The lowest BCUT2D eigenvalue weighted by molar-refractivity contribution is -0.142. The number of hydrogen-bond donors (Lipinski definition) is 2. The Morgan fingerprint density at radius 1 is 0.949 bits per heavy atom. The Hall–Kier alpha value is -3.38. The monoisotopic (exact) mass is 563 g/mol. The number of nitrogens with zero attached hydrogens (tertiary/aromatic N) is 2. The van der Waals surface area contributed by atoms with E-state index in [0.29, 0.717) is 17.9 Å². The van der Waals surface area contributed by atoms with Crippen LogP contribution in [-0.2, 0) is 24.4 Å². The average molecular weight is 564 g/mol. The summed E-state index contributed by atoms with van der Waals surface area (Å²) in [6, 6.07) is 7.92. The molecule has 2 N–H and O–H groups in total. The topological polar surface area (TPSA) is 124 Å². The van der Waals surface area contributed by atoms with Gasteiger partial charge in [0.15, 0.2) is 6.17 Å². The van der Waals surface area contributed by atoms with Gasteiger partial charge in [-0.2, -0.15) is 4.31 Å².